The Morgan fingerprint density at radius 1 is 1.35 bits per heavy atom. The quantitative estimate of drug-likeness (QED) is 0.920. The van der Waals surface area contributed by atoms with Crippen molar-refractivity contribution in [3.05, 3.63) is 30.1 Å². The van der Waals surface area contributed by atoms with Gasteiger partial charge < -0.3 is 10.1 Å². The molecule has 1 fully saturated rings. The number of benzene rings is 1. The van der Waals surface area contributed by atoms with Crippen LogP contribution in [0.1, 0.15) is 20.3 Å². The van der Waals surface area contributed by atoms with E-state index in [1.807, 2.05) is 13.8 Å². The van der Waals surface area contributed by atoms with Gasteiger partial charge in [-0.3, -0.25) is 9.69 Å². The van der Waals surface area contributed by atoms with E-state index in [2.05, 4.69) is 10.2 Å². The number of carbonyl (C=O) groups is 1. The van der Waals surface area contributed by atoms with E-state index in [4.69, 9.17) is 4.74 Å². The largest absolute Gasteiger partial charge is 0.373 e. The first-order valence-electron chi connectivity index (χ1n) is 6.97. The van der Waals surface area contributed by atoms with Gasteiger partial charge >= 0.3 is 0 Å². The number of halogens is 1. The van der Waals surface area contributed by atoms with Crippen LogP contribution in [0.25, 0.3) is 0 Å². The van der Waals surface area contributed by atoms with E-state index in [0.717, 1.165) is 13.1 Å². The Morgan fingerprint density at radius 3 is 2.65 bits per heavy atom. The molecule has 5 heteroatoms. The molecule has 4 nitrogen and oxygen atoms in total. The highest BCUT2D eigenvalue weighted by atomic mass is 19.1. The number of anilines is 1. The monoisotopic (exact) mass is 280 g/mol. The number of carbonyl (C=O) groups excluding carboxylic acids is 1. The van der Waals surface area contributed by atoms with Gasteiger partial charge in [0, 0.05) is 26.1 Å². The first kappa shape index (κ1) is 14.9. The van der Waals surface area contributed by atoms with Gasteiger partial charge in [0.2, 0.25) is 5.91 Å². The van der Waals surface area contributed by atoms with Crippen molar-refractivity contribution in [2.75, 3.05) is 25.0 Å². The lowest BCUT2D eigenvalue weighted by molar-refractivity contribution is -0.117. The zero-order chi connectivity index (χ0) is 14.5. The smallest absolute Gasteiger partial charge is 0.225 e. The molecule has 1 heterocycles. The van der Waals surface area contributed by atoms with Crippen LogP contribution in [0.4, 0.5) is 10.1 Å². The van der Waals surface area contributed by atoms with Crippen molar-refractivity contribution >= 4 is 11.6 Å². The molecule has 20 heavy (non-hydrogen) atoms. The topological polar surface area (TPSA) is 41.6 Å². The van der Waals surface area contributed by atoms with Gasteiger partial charge in [-0.1, -0.05) is 12.1 Å². The standard InChI is InChI=1S/C15H21FN2O2/c1-11-9-18(10-12(2)20-11)8-7-15(19)17-14-6-4-3-5-13(14)16/h3-6,11-12H,7-10H2,1-2H3,(H,17,19)/t11-,12-/m1/s1. The Hall–Kier alpha value is -1.46. The Balaban J connectivity index is 1.79. The maximum atomic E-state index is 13.4. The molecular formula is C15H21FN2O2. The van der Waals surface area contributed by atoms with Crippen LogP contribution in [0, 0.1) is 5.82 Å². The summed E-state index contributed by atoms with van der Waals surface area (Å²) in [6.07, 6.45) is 0.732. The van der Waals surface area contributed by atoms with Crippen LogP contribution in [0.3, 0.4) is 0 Å². The first-order valence-corrected chi connectivity index (χ1v) is 6.97. The van der Waals surface area contributed by atoms with Crippen molar-refractivity contribution in [2.24, 2.45) is 0 Å². The number of hydrogen-bond donors (Lipinski definition) is 1. The van der Waals surface area contributed by atoms with E-state index in [1.54, 1.807) is 18.2 Å². The number of amides is 1. The van der Waals surface area contributed by atoms with E-state index < -0.39 is 5.82 Å². The molecule has 0 spiro atoms. The highest BCUT2D eigenvalue weighted by molar-refractivity contribution is 5.90. The molecule has 2 rings (SSSR count). The van der Waals surface area contributed by atoms with Crippen LogP contribution in [0.15, 0.2) is 24.3 Å². The molecule has 0 aromatic heterocycles. The molecule has 0 aliphatic carbocycles. The lowest BCUT2D eigenvalue weighted by Crippen LogP contribution is -2.46. The SMILES string of the molecule is C[C@@H]1CN(CCC(=O)Nc2ccccc2F)C[C@@H](C)O1. The third-order valence-corrected chi connectivity index (χ3v) is 3.30. The summed E-state index contributed by atoms with van der Waals surface area (Å²) in [6.45, 7) is 6.39. The summed E-state index contributed by atoms with van der Waals surface area (Å²) in [5, 5.41) is 2.60. The molecule has 1 aromatic carbocycles. The molecule has 110 valence electrons. The second-order valence-electron chi connectivity index (χ2n) is 5.29. The van der Waals surface area contributed by atoms with Crippen molar-refractivity contribution in [1.29, 1.82) is 0 Å². The van der Waals surface area contributed by atoms with Crippen molar-refractivity contribution in [1.82, 2.24) is 4.90 Å². The number of para-hydroxylation sites is 1. The predicted molar refractivity (Wildman–Crippen MR) is 76.1 cm³/mol. The Kier molecular flexibility index (Phi) is 5.09. The lowest BCUT2D eigenvalue weighted by atomic mass is 10.2. The van der Waals surface area contributed by atoms with Gasteiger partial charge in [0.15, 0.2) is 0 Å². The molecule has 1 N–H and O–H groups in total. The second-order valence-corrected chi connectivity index (χ2v) is 5.29. The van der Waals surface area contributed by atoms with E-state index >= 15 is 0 Å². The predicted octanol–water partition coefficient (Wildman–Crippen LogP) is 2.26. The Bertz CT molecular complexity index is 457. The van der Waals surface area contributed by atoms with Crippen LogP contribution >= 0.6 is 0 Å². The zero-order valence-electron chi connectivity index (χ0n) is 11.9. The van der Waals surface area contributed by atoms with E-state index in [9.17, 15) is 9.18 Å². The van der Waals surface area contributed by atoms with Crippen molar-refractivity contribution in [2.45, 2.75) is 32.5 Å². The fraction of sp³-hybridized carbons (Fsp3) is 0.533. The lowest BCUT2D eigenvalue weighted by Gasteiger charge is -2.35. The number of rotatable bonds is 4. The fourth-order valence-electron chi connectivity index (χ4n) is 2.50. The van der Waals surface area contributed by atoms with Crippen LogP contribution in [-0.2, 0) is 9.53 Å². The number of nitrogens with one attached hydrogen (secondary N) is 1. The number of nitrogens with zero attached hydrogens (tertiary/aromatic N) is 1. The minimum atomic E-state index is -0.408. The van der Waals surface area contributed by atoms with E-state index in [1.165, 1.54) is 6.07 Å². The second kappa shape index (κ2) is 6.81. The molecule has 1 saturated heterocycles. The van der Waals surface area contributed by atoms with Crippen LogP contribution in [-0.4, -0.2) is 42.6 Å². The summed E-state index contributed by atoms with van der Waals surface area (Å²) in [5.74, 6) is -0.573. The van der Waals surface area contributed by atoms with Crippen molar-refractivity contribution in [3.63, 3.8) is 0 Å². The van der Waals surface area contributed by atoms with Gasteiger partial charge in [0.05, 0.1) is 17.9 Å². The fourth-order valence-corrected chi connectivity index (χ4v) is 2.50. The summed E-state index contributed by atoms with van der Waals surface area (Å²) in [7, 11) is 0. The molecule has 0 saturated carbocycles. The van der Waals surface area contributed by atoms with Gasteiger partial charge in [-0.15, -0.1) is 0 Å². The average molecular weight is 280 g/mol. The summed E-state index contributed by atoms with van der Waals surface area (Å²) in [5.41, 5.74) is 0.237. The van der Waals surface area contributed by atoms with Crippen LogP contribution in [0.2, 0.25) is 0 Å². The first-order chi connectivity index (χ1) is 9.54. The molecule has 0 unspecified atom stereocenters. The Labute approximate surface area is 118 Å². The zero-order valence-corrected chi connectivity index (χ0v) is 11.9. The van der Waals surface area contributed by atoms with Crippen LogP contribution in [0.5, 0.6) is 0 Å². The van der Waals surface area contributed by atoms with Gasteiger partial charge in [-0.2, -0.15) is 0 Å². The average Bonchev–Trinajstić information content (AvgIpc) is 2.38. The molecule has 1 amide bonds. The molecule has 1 aliphatic rings. The van der Waals surface area contributed by atoms with Crippen molar-refractivity contribution < 1.29 is 13.9 Å². The Morgan fingerprint density at radius 2 is 2.00 bits per heavy atom. The van der Waals surface area contributed by atoms with Gasteiger partial charge in [-0.25, -0.2) is 4.39 Å². The minimum Gasteiger partial charge on any atom is -0.373 e. The summed E-state index contributed by atoms with van der Waals surface area (Å²) in [6, 6.07) is 6.19. The number of morpholine rings is 1. The van der Waals surface area contributed by atoms with E-state index in [0.29, 0.717) is 13.0 Å². The highest BCUT2D eigenvalue weighted by Gasteiger charge is 2.22. The van der Waals surface area contributed by atoms with Crippen LogP contribution < -0.4 is 5.32 Å². The van der Waals surface area contributed by atoms with Gasteiger partial charge in [0.1, 0.15) is 5.82 Å². The summed E-state index contributed by atoms with van der Waals surface area (Å²) >= 11 is 0. The summed E-state index contributed by atoms with van der Waals surface area (Å²) in [4.78, 5) is 14.0. The number of ether oxygens (including phenoxy) is 1. The molecule has 2 atom stereocenters. The summed E-state index contributed by atoms with van der Waals surface area (Å²) < 4.78 is 19.0. The third-order valence-electron chi connectivity index (χ3n) is 3.30. The molecule has 1 aromatic rings. The third kappa shape index (κ3) is 4.28. The minimum absolute atomic E-state index is 0.165. The molecular weight excluding hydrogens is 259 g/mol. The normalized spacial score (nSPS) is 23.6. The molecule has 0 bridgehead atoms. The van der Waals surface area contributed by atoms with Gasteiger partial charge in [0.25, 0.3) is 0 Å². The molecule has 1 aliphatic heterocycles. The maximum absolute atomic E-state index is 13.4. The number of hydrogen-bond acceptors (Lipinski definition) is 3. The maximum Gasteiger partial charge on any atom is 0.225 e. The van der Waals surface area contributed by atoms with Gasteiger partial charge in [-0.05, 0) is 26.0 Å². The highest BCUT2D eigenvalue weighted by Crippen LogP contribution is 2.14. The van der Waals surface area contributed by atoms with E-state index in [-0.39, 0.29) is 23.8 Å². The molecule has 0 radical (unpaired) electrons. The van der Waals surface area contributed by atoms with Crippen molar-refractivity contribution in [3.8, 4) is 0 Å².